The summed E-state index contributed by atoms with van der Waals surface area (Å²) >= 11 is 0.191. The van der Waals surface area contributed by atoms with Gasteiger partial charge in [0.1, 0.15) is 0 Å². The van der Waals surface area contributed by atoms with Crippen LogP contribution in [0, 0.1) is 13.8 Å². The van der Waals surface area contributed by atoms with Crippen molar-refractivity contribution >= 4 is 31.3 Å². The summed E-state index contributed by atoms with van der Waals surface area (Å²) in [6.45, 7) is 12.6. The zero-order valence-corrected chi connectivity index (χ0v) is 18.0. The zero-order chi connectivity index (χ0) is 18.9. The molecule has 0 bridgehead atoms. The molecule has 2 aromatic rings. The Labute approximate surface area is 162 Å². The molecule has 2 heterocycles. The third-order valence-electron chi connectivity index (χ3n) is 4.67. The van der Waals surface area contributed by atoms with Gasteiger partial charge < -0.3 is 0 Å². The number of nitrogens with two attached hydrogens (primary N) is 1. The van der Waals surface area contributed by atoms with Crippen molar-refractivity contribution in [2.24, 2.45) is 0 Å². The number of nitrogens with zero attached hydrogens (tertiary/aromatic N) is 5. The van der Waals surface area contributed by atoms with Gasteiger partial charge in [0.05, 0.1) is 0 Å². The molecule has 1 saturated heterocycles. The van der Waals surface area contributed by atoms with Gasteiger partial charge in [-0.05, 0) is 0 Å². The maximum absolute atomic E-state index is 6.05. The predicted octanol–water partition coefficient (Wildman–Crippen LogP) is 1.09. The average Bonchev–Trinajstić information content (AvgIpc) is 2.58. The Bertz CT molecular complexity index is 784. The summed E-state index contributed by atoms with van der Waals surface area (Å²) in [5.74, 6) is 1.82. The van der Waals surface area contributed by atoms with E-state index < -0.39 is 0 Å². The third-order valence-corrected chi connectivity index (χ3v) is 7.51. The quantitative estimate of drug-likeness (QED) is 0.749. The van der Waals surface area contributed by atoms with Crippen molar-refractivity contribution in [2.45, 2.75) is 32.0 Å². The average molecular weight is 419 g/mol. The van der Waals surface area contributed by atoms with Crippen molar-refractivity contribution in [3.05, 3.63) is 35.2 Å². The molecule has 1 aromatic carbocycles. The van der Waals surface area contributed by atoms with E-state index in [0.29, 0.717) is 11.9 Å². The number of aryl methyl sites for hydroxylation is 2. The van der Waals surface area contributed by atoms with E-state index in [1.54, 1.807) is 0 Å². The van der Waals surface area contributed by atoms with Gasteiger partial charge in [-0.25, -0.2) is 0 Å². The van der Waals surface area contributed by atoms with E-state index in [2.05, 4.69) is 72.7 Å². The Morgan fingerprint density at radius 3 is 2.42 bits per heavy atom. The van der Waals surface area contributed by atoms with Crippen LogP contribution in [0.4, 0.5) is 11.9 Å². The Balaban J connectivity index is 1.88. The fraction of sp³-hybridized carbons (Fsp3) is 0.526. The topological polar surface area (TPSA) is 71.2 Å². The van der Waals surface area contributed by atoms with Gasteiger partial charge in [0, 0.05) is 0 Å². The molecule has 26 heavy (non-hydrogen) atoms. The van der Waals surface area contributed by atoms with Crippen LogP contribution in [0.3, 0.4) is 0 Å². The second kappa shape index (κ2) is 7.51. The molecule has 0 amide bonds. The van der Waals surface area contributed by atoms with E-state index >= 15 is 0 Å². The number of hydrogen-bond donors (Lipinski definition) is 1. The van der Waals surface area contributed by atoms with Crippen LogP contribution < -0.4 is 15.1 Å². The van der Waals surface area contributed by atoms with E-state index in [0.717, 1.165) is 32.0 Å². The molecule has 1 aliphatic heterocycles. The fourth-order valence-corrected chi connectivity index (χ4v) is 5.47. The number of anilines is 2. The molecule has 1 fully saturated rings. The van der Waals surface area contributed by atoms with Crippen LogP contribution in [-0.4, -0.2) is 68.0 Å². The molecule has 0 radical (unpaired) electrons. The minimum atomic E-state index is -0.163. The van der Waals surface area contributed by atoms with Crippen molar-refractivity contribution in [3.8, 4) is 0 Å². The zero-order valence-electron chi connectivity index (χ0n) is 16.3. The summed E-state index contributed by atoms with van der Waals surface area (Å²) in [6.07, 6.45) is 0. The van der Waals surface area contributed by atoms with Gasteiger partial charge in [0.25, 0.3) is 0 Å². The molecule has 0 atom stereocenters. The monoisotopic (exact) mass is 420 g/mol. The molecule has 1 aromatic heterocycles. The summed E-state index contributed by atoms with van der Waals surface area (Å²) in [7, 11) is 2.14. The number of likely N-dealkylation sites (N-methyl/N-ethyl adjacent to an activating group) is 1. The van der Waals surface area contributed by atoms with Crippen molar-refractivity contribution in [1.29, 1.82) is 0 Å². The summed E-state index contributed by atoms with van der Waals surface area (Å²) in [5.41, 5.74) is 8.66. The van der Waals surface area contributed by atoms with Gasteiger partial charge in [-0.3, -0.25) is 0 Å². The van der Waals surface area contributed by atoms with E-state index in [1.807, 2.05) is 0 Å². The van der Waals surface area contributed by atoms with Crippen LogP contribution in [0.5, 0.6) is 0 Å². The van der Waals surface area contributed by atoms with Crippen LogP contribution in [0.2, 0.25) is 0 Å². The predicted molar refractivity (Wildman–Crippen MR) is 108 cm³/mol. The van der Waals surface area contributed by atoms with E-state index in [4.69, 9.17) is 10.7 Å². The summed E-state index contributed by atoms with van der Waals surface area (Å²) in [4.78, 5) is 18.3. The number of nitrogen functional groups attached to an aromatic ring is 1. The summed E-state index contributed by atoms with van der Waals surface area (Å²) < 4.78 is 1.23. The Hall–Kier alpha value is -1.69. The summed E-state index contributed by atoms with van der Waals surface area (Å²) in [5, 5.41) is 0. The van der Waals surface area contributed by atoms with Crippen LogP contribution in [0.1, 0.15) is 30.8 Å². The maximum atomic E-state index is 6.05. The normalized spacial score (nSPS) is 16.1. The molecule has 1 aliphatic rings. The molecule has 7 heteroatoms. The Morgan fingerprint density at radius 2 is 1.73 bits per heavy atom. The molecule has 3 rings (SSSR count). The van der Waals surface area contributed by atoms with E-state index in [9.17, 15) is 0 Å². The molecule has 6 nitrogen and oxygen atoms in total. The first kappa shape index (κ1) is 19.1. The van der Waals surface area contributed by atoms with Gasteiger partial charge in [-0.2, -0.15) is 0 Å². The standard InChI is InChI=1S/C19H28N6Se/c1-13-6-7-14(2)15(12-13)26-19(3,4)16-21-17(20)23-18(22-16)25-10-8-24(5)9-11-25/h6-7,12H,8-11H2,1-5H3,(H2,20,21,22,23). The van der Waals surface area contributed by atoms with Gasteiger partial charge in [-0.15, -0.1) is 0 Å². The number of benzene rings is 1. The van der Waals surface area contributed by atoms with E-state index in [1.165, 1.54) is 15.6 Å². The van der Waals surface area contributed by atoms with Gasteiger partial charge in [-0.1, -0.05) is 0 Å². The molecule has 0 unspecified atom stereocenters. The Morgan fingerprint density at radius 1 is 1.04 bits per heavy atom. The first-order chi connectivity index (χ1) is 12.2. The van der Waals surface area contributed by atoms with Crippen LogP contribution in [-0.2, 0) is 4.31 Å². The molecule has 2 N–H and O–H groups in total. The first-order valence-electron chi connectivity index (χ1n) is 8.96. The molecular formula is C19H28N6Se. The van der Waals surface area contributed by atoms with Crippen molar-refractivity contribution in [2.75, 3.05) is 43.9 Å². The Kier molecular flexibility index (Phi) is 5.51. The first-order valence-corrected chi connectivity index (χ1v) is 10.7. The number of piperazine rings is 1. The second-order valence-electron chi connectivity index (χ2n) is 7.49. The minimum absolute atomic E-state index is 0.163. The number of hydrogen-bond acceptors (Lipinski definition) is 6. The van der Waals surface area contributed by atoms with Crippen molar-refractivity contribution < 1.29 is 0 Å². The third kappa shape index (κ3) is 4.34. The summed E-state index contributed by atoms with van der Waals surface area (Å²) in [6, 6.07) is 6.64. The van der Waals surface area contributed by atoms with Crippen LogP contribution >= 0.6 is 0 Å². The van der Waals surface area contributed by atoms with Crippen molar-refractivity contribution in [1.82, 2.24) is 19.9 Å². The fourth-order valence-electron chi connectivity index (χ4n) is 2.94. The molecular weight excluding hydrogens is 391 g/mol. The van der Waals surface area contributed by atoms with Gasteiger partial charge in [0.15, 0.2) is 0 Å². The number of aromatic nitrogens is 3. The second-order valence-corrected chi connectivity index (χ2v) is 11.0. The van der Waals surface area contributed by atoms with E-state index in [-0.39, 0.29) is 19.3 Å². The van der Waals surface area contributed by atoms with Gasteiger partial charge >= 0.3 is 162 Å². The molecule has 140 valence electrons. The van der Waals surface area contributed by atoms with Crippen LogP contribution in [0.15, 0.2) is 18.2 Å². The molecule has 0 spiro atoms. The van der Waals surface area contributed by atoms with Gasteiger partial charge in [0.2, 0.25) is 0 Å². The number of rotatable bonds is 4. The SMILES string of the molecule is Cc1ccc(C)c([Se]C(C)(C)c2nc(N)nc(N3CCN(C)CC3)n2)c1. The van der Waals surface area contributed by atoms with Crippen molar-refractivity contribution in [3.63, 3.8) is 0 Å². The molecule has 0 saturated carbocycles. The molecule has 0 aliphatic carbocycles. The van der Waals surface area contributed by atoms with Crippen LogP contribution in [0.25, 0.3) is 0 Å².